The molecule has 1 aromatic rings. The zero-order valence-corrected chi connectivity index (χ0v) is 8.67. The number of rotatable bonds is 3. The Morgan fingerprint density at radius 1 is 1.56 bits per heavy atom. The van der Waals surface area contributed by atoms with Gasteiger partial charge in [-0.1, -0.05) is 17.3 Å². The molecule has 0 aliphatic heterocycles. The van der Waals surface area contributed by atoms with Gasteiger partial charge in [0.1, 0.15) is 5.75 Å². The van der Waals surface area contributed by atoms with E-state index in [9.17, 15) is 9.90 Å². The normalized spacial score (nSPS) is 11.2. The van der Waals surface area contributed by atoms with Gasteiger partial charge in [-0.15, -0.1) is 0 Å². The Balaban J connectivity index is 2.96. The summed E-state index contributed by atoms with van der Waals surface area (Å²) in [6, 6.07) is 4.36. The van der Waals surface area contributed by atoms with Gasteiger partial charge in [0.15, 0.2) is 5.84 Å². The Morgan fingerprint density at radius 3 is 2.75 bits per heavy atom. The third-order valence-electron chi connectivity index (χ3n) is 2.05. The molecule has 0 heterocycles. The van der Waals surface area contributed by atoms with Crippen molar-refractivity contribution in [1.29, 1.82) is 0 Å². The molecular formula is C10H12N2O4. The number of hydrogen-bond donors (Lipinski definition) is 3. The van der Waals surface area contributed by atoms with Crippen LogP contribution in [0.4, 0.5) is 0 Å². The maximum Gasteiger partial charge on any atom is 0.310 e. The molecule has 1 aromatic carbocycles. The van der Waals surface area contributed by atoms with Crippen molar-refractivity contribution >= 4 is 11.8 Å². The minimum Gasteiger partial charge on any atom is -0.508 e. The number of carbonyl (C=O) groups excluding carboxylic acids is 1. The Morgan fingerprint density at radius 2 is 2.25 bits per heavy atom. The minimum atomic E-state index is -0.452. The largest absolute Gasteiger partial charge is 0.508 e. The molecule has 0 fully saturated rings. The summed E-state index contributed by atoms with van der Waals surface area (Å²) in [5, 5.41) is 20.8. The van der Waals surface area contributed by atoms with E-state index in [1.54, 1.807) is 0 Å². The molecule has 0 bridgehead atoms. The highest BCUT2D eigenvalue weighted by Gasteiger charge is 2.09. The summed E-state index contributed by atoms with van der Waals surface area (Å²) < 4.78 is 4.47. The molecule has 0 spiro atoms. The summed E-state index contributed by atoms with van der Waals surface area (Å²) in [4.78, 5) is 11.0. The van der Waals surface area contributed by atoms with Crippen molar-refractivity contribution in [3.05, 3.63) is 29.3 Å². The molecule has 0 saturated carbocycles. The van der Waals surface area contributed by atoms with Gasteiger partial charge in [0.05, 0.1) is 13.5 Å². The van der Waals surface area contributed by atoms with Crippen molar-refractivity contribution in [2.75, 3.05) is 7.11 Å². The second kappa shape index (κ2) is 5.01. The van der Waals surface area contributed by atoms with Gasteiger partial charge in [0, 0.05) is 11.1 Å². The average molecular weight is 224 g/mol. The summed E-state index contributed by atoms with van der Waals surface area (Å²) in [6.07, 6.45) is -0.0290. The molecule has 0 aliphatic carbocycles. The van der Waals surface area contributed by atoms with Crippen molar-refractivity contribution in [2.45, 2.75) is 6.42 Å². The maximum absolute atomic E-state index is 11.0. The van der Waals surface area contributed by atoms with Crippen LogP contribution in [0.2, 0.25) is 0 Å². The first-order valence-electron chi connectivity index (χ1n) is 4.45. The number of hydrogen-bond acceptors (Lipinski definition) is 5. The molecule has 0 amide bonds. The number of aromatic hydroxyl groups is 1. The molecule has 86 valence electrons. The topological polar surface area (TPSA) is 105 Å². The van der Waals surface area contributed by atoms with Crippen molar-refractivity contribution < 1.29 is 19.8 Å². The molecule has 16 heavy (non-hydrogen) atoms. The average Bonchev–Trinajstić information content (AvgIpc) is 2.30. The third-order valence-corrected chi connectivity index (χ3v) is 2.05. The van der Waals surface area contributed by atoms with E-state index < -0.39 is 5.97 Å². The molecule has 6 nitrogen and oxygen atoms in total. The smallest absolute Gasteiger partial charge is 0.310 e. The van der Waals surface area contributed by atoms with E-state index in [0.717, 1.165) is 0 Å². The number of amidine groups is 1. The summed E-state index contributed by atoms with van der Waals surface area (Å²) >= 11 is 0. The van der Waals surface area contributed by atoms with E-state index in [-0.39, 0.29) is 18.0 Å². The molecule has 0 aliphatic rings. The molecular weight excluding hydrogens is 212 g/mol. The van der Waals surface area contributed by atoms with E-state index in [2.05, 4.69) is 9.89 Å². The lowest BCUT2D eigenvalue weighted by atomic mass is 10.1. The molecule has 0 atom stereocenters. The monoisotopic (exact) mass is 224 g/mol. The molecule has 0 aromatic heterocycles. The van der Waals surface area contributed by atoms with Crippen molar-refractivity contribution in [3.63, 3.8) is 0 Å². The quantitative estimate of drug-likeness (QED) is 0.224. The van der Waals surface area contributed by atoms with Crippen LogP contribution in [0.5, 0.6) is 5.75 Å². The predicted molar refractivity (Wildman–Crippen MR) is 56.3 cm³/mol. The first-order chi connectivity index (χ1) is 7.58. The number of methoxy groups -OCH3 is 1. The highest BCUT2D eigenvalue weighted by molar-refractivity contribution is 5.97. The van der Waals surface area contributed by atoms with Crippen molar-refractivity contribution in [1.82, 2.24) is 0 Å². The number of phenols is 1. The number of nitrogens with zero attached hydrogens (tertiary/aromatic N) is 1. The minimum absolute atomic E-state index is 0.0290. The number of esters is 1. The fourth-order valence-electron chi connectivity index (χ4n) is 1.16. The number of phenolic OH excluding ortho intramolecular Hbond substituents is 1. The zero-order chi connectivity index (χ0) is 12.1. The van der Waals surface area contributed by atoms with Gasteiger partial charge in [-0.3, -0.25) is 4.79 Å². The number of ether oxygens (including phenoxy) is 1. The Hall–Kier alpha value is -2.24. The van der Waals surface area contributed by atoms with Gasteiger partial charge in [0.2, 0.25) is 0 Å². The highest BCUT2D eigenvalue weighted by atomic mass is 16.5. The van der Waals surface area contributed by atoms with Crippen molar-refractivity contribution in [3.8, 4) is 5.75 Å². The van der Waals surface area contributed by atoms with Crippen LogP contribution in [-0.4, -0.2) is 29.2 Å². The lowest BCUT2D eigenvalue weighted by molar-refractivity contribution is -0.139. The Bertz CT molecular complexity index is 429. The number of carbonyl (C=O) groups is 1. The third kappa shape index (κ3) is 2.63. The summed E-state index contributed by atoms with van der Waals surface area (Å²) in [5.74, 6) is -0.665. The van der Waals surface area contributed by atoms with E-state index in [1.807, 2.05) is 0 Å². The first-order valence-corrected chi connectivity index (χ1v) is 4.45. The van der Waals surface area contributed by atoms with E-state index in [0.29, 0.717) is 11.1 Å². The molecule has 0 unspecified atom stereocenters. The summed E-state index contributed by atoms with van der Waals surface area (Å²) in [7, 11) is 1.27. The number of oxime groups is 1. The summed E-state index contributed by atoms with van der Waals surface area (Å²) in [5.41, 5.74) is 6.12. The van der Waals surface area contributed by atoms with Crippen LogP contribution in [0.3, 0.4) is 0 Å². The highest BCUT2D eigenvalue weighted by Crippen LogP contribution is 2.19. The van der Waals surface area contributed by atoms with Gasteiger partial charge in [0.25, 0.3) is 0 Å². The zero-order valence-electron chi connectivity index (χ0n) is 8.67. The number of nitrogens with two attached hydrogens (primary N) is 1. The van der Waals surface area contributed by atoms with Gasteiger partial charge in [-0.25, -0.2) is 0 Å². The van der Waals surface area contributed by atoms with E-state index in [1.165, 1.54) is 25.3 Å². The van der Waals surface area contributed by atoms with Crippen LogP contribution < -0.4 is 5.73 Å². The fraction of sp³-hybridized carbons (Fsp3) is 0.200. The second-order valence-electron chi connectivity index (χ2n) is 3.08. The maximum atomic E-state index is 11.0. The first kappa shape index (κ1) is 11.8. The van der Waals surface area contributed by atoms with Gasteiger partial charge in [-0.2, -0.15) is 0 Å². The van der Waals surface area contributed by atoms with E-state index in [4.69, 9.17) is 10.9 Å². The van der Waals surface area contributed by atoms with Crippen LogP contribution in [0.1, 0.15) is 11.1 Å². The standard InChI is InChI=1S/C10H12N2O4/c1-16-9(14)5-6-2-3-7(4-8(6)13)10(11)12-15/h2-4,13,15H,5H2,1H3,(H2,11,12). The Kier molecular flexibility index (Phi) is 3.71. The molecule has 1 rings (SSSR count). The van der Waals surface area contributed by atoms with Crippen LogP contribution >= 0.6 is 0 Å². The fourth-order valence-corrected chi connectivity index (χ4v) is 1.16. The van der Waals surface area contributed by atoms with Crippen LogP contribution in [0.25, 0.3) is 0 Å². The number of benzene rings is 1. The van der Waals surface area contributed by atoms with Crippen LogP contribution in [0, 0.1) is 0 Å². The lowest BCUT2D eigenvalue weighted by Crippen LogP contribution is -2.13. The molecule has 0 saturated heterocycles. The van der Waals surface area contributed by atoms with Gasteiger partial charge < -0.3 is 20.8 Å². The molecule has 0 radical (unpaired) electrons. The SMILES string of the molecule is COC(=O)Cc1ccc(/C(N)=N/O)cc1O. The van der Waals surface area contributed by atoms with E-state index >= 15 is 0 Å². The Labute approximate surface area is 91.9 Å². The molecule has 4 N–H and O–H groups in total. The van der Waals surface area contributed by atoms with Crippen LogP contribution in [0.15, 0.2) is 23.4 Å². The summed E-state index contributed by atoms with van der Waals surface area (Å²) in [6.45, 7) is 0. The van der Waals surface area contributed by atoms with Crippen molar-refractivity contribution in [2.24, 2.45) is 10.9 Å². The lowest BCUT2D eigenvalue weighted by Gasteiger charge is -2.05. The van der Waals surface area contributed by atoms with Crippen LogP contribution in [-0.2, 0) is 16.0 Å². The second-order valence-corrected chi connectivity index (χ2v) is 3.08. The van der Waals surface area contributed by atoms with Gasteiger partial charge >= 0.3 is 5.97 Å². The van der Waals surface area contributed by atoms with Gasteiger partial charge in [-0.05, 0) is 6.07 Å². The molecule has 6 heteroatoms. The predicted octanol–water partition coefficient (Wildman–Crippen LogP) is 0.202.